The van der Waals surface area contributed by atoms with E-state index in [0.29, 0.717) is 25.1 Å². The minimum absolute atomic E-state index is 0.184. The molecular formula is C25H33N5O3. The zero-order valence-electron chi connectivity index (χ0n) is 19.6. The van der Waals surface area contributed by atoms with Crippen LogP contribution in [0.2, 0.25) is 0 Å². The molecule has 0 spiro atoms. The van der Waals surface area contributed by atoms with E-state index in [1.54, 1.807) is 0 Å². The second-order valence-corrected chi connectivity index (χ2v) is 9.56. The Bertz CT molecular complexity index is 983. The van der Waals surface area contributed by atoms with Crippen LogP contribution in [0.1, 0.15) is 58.4 Å². The van der Waals surface area contributed by atoms with Crippen LogP contribution in [0, 0.1) is 24.2 Å². The number of benzene rings is 1. The molecule has 0 radical (unpaired) electrons. The van der Waals surface area contributed by atoms with Crippen LogP contribution in [-0.4, -0.2) is 41.5 Å². The topological polar surface area (TPSA) is 108 Å². The van der Waals surface area contributed by atoms with E-state index < -0.39 is 28.8 Å². The predicted octanol–water partition coefficient (Wildman–Crippen LogP) is 3.99. The highest BCUT2D eigenvalue weighted by Gasteiger charge is 2.67. The SMILES string of the molecule is C#CCOc1ccc(C23N=NC(C(=O)NCC)(N=N[C@H]2C)C2CCCCCC(C)(O)C23)cc1. The predicted molar refractivity (Wildman–Crippen MR) is 124 cm³/mol. The fourth-order valence-corrected chi connectivity index (χ4v) is 5.96. The van der Waals surface area contributed by atoms with E-state index in [0.717, 1.165) is 24.8 Å². The molecule has 3 heterocycles. The number of carbonyl (C=O) groups excluding carboxylic acids is 1. The van der Waals surface area contributed by atoms with Crippen molar-refractivity contribution in [2.45, 2.75) is 75.7 Å². The normalized spacial score (nSPS) is 37.2. The van der Waals surface area contributed by atoms with E-state index in [9.17, 15) is 9.90 Å². The third kappa shape index (κ3) is 3.72. The summed E-state index contributed by atoms with van der Waals surface area (Å²) in [6, 6.07) is 7.16. The van der Waals surface area contributed by atoms with Crippen LogP contribution < -0.4 is 10.1 Å². The molecule has 3 aliphatic heterocycles. The lowest BCUT2D eigenvalue weighted by Crippen LogP contribution is -2.63. The number of azo groups is 2. The smallest absolute Gasteiger partial charge is 0.274 e. The van der Waals surface area contributed by atoms with Gasteiger partial charge in [0.15, 0.2) is 0 Å². The molecule has 5 rings (SSSR count). The first-order chi connectivity index (χ1) is 15.8. The summed E-state index contributed by atoms with van der Waals surface area (Å²) >= 11 is 0. The van der Waals surface area contributed by atoms with Gasteiger partial charge in [0, 0.05) is 18.4 Å². The number of likely N-dealkylation sites (N-methyl/N-ethyl adjacent to an activating group) is 1. The molecule has 1 fully saturated rings. The summed E-state index contributed by atoms with van der Waals surface area (Å²) in [5.41, 5.74) is -2.61. The Balaban J connectivity index is 1.91. The van der Waals surface area contributed by atoms with Gasteiger partial charge in [0.05, 0.1) is 11.6 Å². The van der Waals surface area contributed by atoms with E-state index in [2.05, 4.69) is 26.6 Å². The number of ether oxygens (including phenoxy) is 1. The number of nitrogens with one attached hydrogen (secondary N) is 1. The van der Waals surface area contributed by atoms with E-state index in [-0.39, 0.29) is 18.4 Å². The fourth-order valence-electron chi connectivity index (χ4n) is 5.96. The van der Waals surface area contributed by atoms with Crippen LogP contribution in [-0.2, 0) is 10.3 Å². The highest BCUT2D eigenvalue weighted by Crippen LogP contribution is 2.59. The molecular weight excluding hydrogens is 418 g/mol. The fraction of sp³-hybridized carbons (Fsp3) is 0.640. The molecule has 2 N–H and O–H groups in total. The van der Waals surface area contributed by atoms with Crippen molar-refractivity contribution in [3.8, 4) is 18.1 Å². The second kappa shape index (κ2) is 8.86. The average Bonchev–Trinajstić information content (AvgIpc) is 3.01. The van der Waals surface area contributed by atoms with Gasteiger partial charge in [-0.15, -0.1) is 11.5 Å². The summed E-state index contributed by atoms with van der Waals surface area (Å²) < 4.78 is 5.55. The van der Waals surface area contributed by atoms with Gasteiger partial charge in [-0.25, -0.2) is 0 Å². The van der Waals surface area contributed by atoms with Gasteiger partial charge >= 0.3 is 0 Å². The number of hydrogen-bond acceptors (Lipinski definition) is 7. The largest absolute Gasteiger partial charge is 0.481 e. The Kier molecular flexibility index (Phi) is 6.28. The maximum Gasteiger partial charge on any atom is 0.274 e. The van der Waals surface area contributed by atoms with Gasteiger partial charge in [0.1, 0.15) is 17.9 Å². The van der Waals surface area contributed by atoms with Gasteiger partial charge < -0.3 is 15.2 Å². The van der Waals surface area contributed by atoms with Crippen molar-refractivity contribution >= 4 is 5.91 Å². The molecule has 5 unspecified atom stereocenters. The standard InChI is InChI=1S/C25H33N5O3/c1-5-16-33-19-13-11-18(12-14-19)24-17(3)27-29-25(30-28-24,22(31)26-6-2)20-10-8-7-9-15-23(4,32)21(20)24/h1,11-14,17,20-21,32H,6-10,15-16H2,2-4H3,(H,26,31)/t17-,20?,21?,23?,24?,25?/m0/s1. The third-order valence-electron chi connectivity index (χ3n) is 7.46. The van der Waals surface area contributed by atoms with Crippen LogP contribution >= 0.6 is 0 Å². The van der Waals surface area contributed by atoms with E-state index in [4.69, 9.17) is 16.3 Å². The molecule has 4 aliphatic rings. The molecule has 1 aromatic rings. The summed E-state index contributed by atoms with van der Waals surface area (Å²) in [5, 5.41) is 33.4. The van der Waals surface area contributed by atoms with Gasteiger partial charge in [-0.2, -0.15) is 15.3 Å². The first kappa shape index (κ1) is 23.4. The van der Waals surface area contributed by atoms with Crippen LogP contribution in [0.5, 0.6) is 5.75 Å². The van der Waals surface area contributed by atoms with Crippen molar-refractivity contribution < 1.29 is 14.6 Å². The molecule has 0 saturated heterocycles. The quantitative estimate of drug-likeness (QED) is 0.661. The monoisotopic (exact) mass is 451 g/mol. The summed E-state index contributed by atoms with van der Waals surface area (Å²) in [4.78, 5) is 13.4. The highest BCUT2D eigenvalue weighted by atomic mass is 16.5. The van der Waals surface area contributed by atoms with Crippen LogP contribution in [0.4, 0.5) is 0 Å². The first-order valence-electron chi connectivity index (χ1n) is 11.9. The molecule has 6 atom stereocenters. The number of rotatable bonds is 5. The minimum atomic E-state index is -1.45. The summed E-state index contributed by atoms with van der Waals surface area (Å²) in [6.07, 6.45) is 9.49. The molecule has 0 aromatic heterocycles. The number of amides is 1. The molecule has 1 aromatic carbocycles. The molecule has 8 nitrogen and oxygen atoms in total. The average molecular weight is 452 g/mol. The van der Waals surface area contributed by atoms with Gasteiger partial charge in [0.2, 0.25) is 0 Å². The van der Waals surface area contributed by atoms with Crippen molar-refractivity contribution in [2.24, 2.45) is 32.3 Å². The van der Waals surface area contributed by atoms with Crippen molar-refractivity contribution in [3.05, 3.63) is 29.8 Å². The van der Waals surface area contributed by atoms with Crippen LogP contribution in [0.3, 0.4) is 0 Å². The summed E-state index contributed by atoms with van der Waals surface area (Å²) in [7, 11) is 0. The number of aliphatic hydroxyl groups is 1. The maximum atomic E-state index is 13.4. The van der Waals surface area contributed by atoms with Crippen molar-refractivity contribution in [1.82, 2.24) is 5.32 Å². The maximum absolute atomic E-state index is 13.4. The summed E-state index contributed by atoms with van der Waals surface area (Å²) in [6.45, 7) is 6.32. The number of nitrogens with zero attached hydrogens (tertiary/aromatic N) is 4. The van der Waals surface area contributed by atoms with Gasteiger partial charge in [-0.3, -0.25) is 4.79 Å². The molecule has 2 bridgehead atoms. The molecule has 1 amide bonds. The Morgan fingerprint density at radius 3 is 2.70 bits per heavy atom. The van der Waals surface area contributed by atoms with Crippen LogP contribution in [0.25, 0.3) is 0 Å². The molecule has 33 heavy (non-hydrogen) atoms. The lowest BCUT2D eigenvalue weighted by Gasteiger charge is -2.53. The lowest BCUT2D eigenvalue weighted by molar-refractivity contribution is -0.141. The Labute approximate surface area is 195 Å². The van der Waals surface area contributed by atoms with E-state index in [1.807, 2.05) is 45.0 Å². The lowest BCUT2D eigenvalue weighted by atomic mass is 9.56. The third-order valence-corrected chi connectivity index (χ3v) is 7.46. The molecule has 8 heteroatoms. The van der Waals surface area contributed by atoms with Gasteiger partial charge in [-0.05, 0) is 51.3 Å². The zero-order valence-corrected chi connectivity index (χ0v) is 19.6. The van der Waals surface area contributed by atoms with E-state index in [1.165, 1.54) is 0 Å². The summed E-state index contributed by atoms with van der Waals surface area (Å²) in [5.74, 6) is 2.09. The van der Waals surface area contributed by atoms with Crippen molar-refractivity contribution in [2.75, 3.05) is 13.2 Å². The number of carbonyl (C=O) groups is 1. The van der Waals surface area contributed by atoms with Crippen molar-refractivity contribution in [3.63, 3.8) is 0 Å². The Hall–Kier alpha value is -2.79. The van der Waals surface area contributed by atoms with Crippen LogP contribution in [0.15, 0.2) is 44.7 Å². The minimum Gasteiger partial charge on any atom is -0.481 e. The Morgan fingerprint density at radius 2 is 2.00 bits per heavy atom. The number of terminal acetylenes is 1. The van der Waals surface area contributed by atoms with E-state index >= 15 is 0 Å². The molecule has 1 saturated carbocycles. The number of hydrogen-bond donors (Lipinski definition) is 2. The number of fused-ring (bicyclic) bond motifs is 1. The highest BCUT2D eigenvalue weighted by molar-refractivity contribution is 5.87. The zero-order chi connectivity index (χ0) is 23.7. The van der Waals surface area contributed by atoms with Crippen molar-refractivity contribution in [1.29, 1.82) is 0 Å². The van der Waals surface area contributed by atoms with Gasteiger partial charge in [-0.1, -0.05) is 37.3 Å². The first-order valence-corrected chi connectivity index (χ1v) is 11.9. The molecule has 176 valence electrons. The molecule has 1 aliphatic carbocycles. The second-order valence-electron chi connectivity index (χ2n) is 9.56. The van der Waals surface area contributed by atoms with Gasteiger partial charge in [0.25, 0.3) is 11.6 Å². The Morgan fingerprint density at radius 1 is 1.24 bits per heavy atom.